The molecule has 2 aromatic rings. The molecule has 0 unspecified atom stereocenters. The number of ether oxygens (including phenoxy) is 2. The standard InChI is InChI=1S/C21H20F3N5O4/c1-32-15-7-13(8-16(9-15)33-2)3-4-18-17(10-25)19(26-12-21(22,23)24)29(27-18)14-5-6-28(11-14)20(30)31/h7-9,14,26H,5-6,11-12H2,1-2H3,(H,30,31)/t14-/m0/s1. The van der Waals surface area contributed by atoms with Crippen LogP contribution in [-0.2, 0) is 0 Å². The zero-order valence-electron chi connectivity index (χ0n) is 17.7. The molecular weight excluding hydrogens is 443 g/mol. The lowest BCUT2D eigenvalue weighted by molar-refractivity contribution is -0.115. The Kier molecular flexibility index (Phi) is 6.87. The number of rotatable bonds is 5. The highest BCUT2D eigenvalue weighted by molar-refractivity contribution is 5.65. The van der Waals surface area contributed by atoms with Crippen LogP contribution in [0.4, 0.5) is 23.8 Å². The molecule has 9 nitrogen and oxygen atoms in total. The smallest absolute Gasteiger partial charge is 0.407 e. The average molecular weight is 463 g/mol. The minimum Gasteiger partial charge on any atom is -0.497 e. The molecule has 1 amide bonds. The van der Waals surface area contributed by atoms with Crippen LogP contribution >= 0.6 is 0 Å². The van der Waals surface area contributed by atoms with Crippen molar-refractivity contribution in [2.75, 3.05) is 39.2 Å². The molecule has 33 heavy (non-hydrogen) atoms. The van der Waals surface area contributed by atoms with Gasteiger partial charge in [0.1, 0.15) is 35.5 Å². The number of halogens is 3. The summed E-state index contributed by atoms with van der Waals surface area (Å²) in [6, 6.07) is 6.22. The normalized spacial score (nSPS) is 15.4. The Hall–Kier alpha value is -4.06. The number of nitrogens with zero attached hydrogens (tertiary/aromatic N) is 4. The number of benzene rings is 1. The maximum Gasteiger partial charge on any atom is 0.407 e. The Bertz CT molecular complexity index is 1120. The zero-order valence-corrected chi connectivity index (χ0v) is 17.7. The van der Waals surface area contributed by atoms with Crippen LogP contribution in [0.25, 0.3) is 0 Å². The van der Waals surface area contributed by atoms with Crippen LogP contribution in [0.3, 0.4) is 0 Å². The fourth-order valence-electron chi connectivity index (χ4n) is 3.37. The number of methoxy groups -OCH3 is 2. The van der Waals surface area contributed by atoms with E-state index in [-0.39, 0.29) is 30.2 Å². The molecule has 12 heteroatoms. The van der Waals surface area contributed by atoms with Gasteiger partial charge in [-0.2, -0.15) is 23.5 Å². The Labute approximate surface area is 187 Å². The van der Waals surface area contributed by atoms with E-state index in [9.17, 15) is 28.3 Å². The number of nitrogens with one attached hydrogen (secondary N) is 1. The third-order valence-electron chi connectivity index (χ3n) is 4.93. The van der Waals surface area contributed by atoms with Crippen molar-refractivity contribution in [3.8, 4) is 29.4 Å². The van der Waals surface area contributed by atoms with E-state index in [1.165, 1.54) is 18.9 Å². The van der Waals surface area contributed by atoms with Crippen molar-refractivity contribution < 1.29 is 32.5 Å². The van der Waals surface area contributed by atoms with Gasteiger partial charge in [-0.25, -0.2) is 9.48 Å². The molecule has 1 atom stereocenters. The summed E-state index contributed by atoms with van der Waals surface area (Å²) in [6.07, 6.45) is -5.34. The molecule has 1 aliphatic heterocycles. The third-order valence-corrected chi connectivity index (χ3v) is 4.93. The molecule has 3 rings (SSSR count). The minimum atomic E-state index is -4.53. The lowest BCUT2D eigenvalue weighted by Crippen LogP contribution is -2.28. The summed E-state index contributed by atoms with van der Waals surface area (Å²) in [7, 11) is 2.95. The van der Waals surface area contributed by atoms with E-state index in [0.29, 0.717) is 23.5 Å². The van der Waals surface area contributed by atoms with Crippen molar-refractivity contribution in [3.05, 3.63) is 35.0 Å². The molecule has 1 aromatic carbocycles. The molecule has 174 valence electrons. The van der Waals surface area contributed by atoms with Crippen molar-refractivity contribution in [1.29, 1.82) is 5.26 Å². The fourth-order valence-corrected chi connectivity index (χ4v) is 3.37. The Morgan fingerprint density at radius 2 is 1.94 bits per heavy atom. The monoisotopic (exact) mass is 463 g/mol. The molecule has 0 radical (unpaired) electrons. The molecular formula is C21H20F3N5O4. The molecule has 2 heterocycles. The maximum atomic E-state index is 12.9. The zero-order chi connectivity index (χ0) is 24.2. The summed E-state index contributed by atoms with van der Waals surface area (Å²) in [5.41, 5.74) is 0.292. The second kappa shape index (κ2) is 9.61. The first kappa shape index (κ1) is 23.6. The number of carboxylic acid groups (broad SMARTS) is 1. The predicted molar refractivity (Wildman–Crippen MR) is 110 cm³/mol. The largest absolute Gasteiger partial charge is 0.497 e. The van der Waals surface area contributed by atoms with E-state index < -0.39 is 24.9 Å². The van der Waals surface area contributed by atoms with Crippen LogP contribution in [0.15, 0.2) is 18.2 Å². The number of hydrogen-bond acceptors (Lipinski definition) is 6. The molecule has 0 aliphatic carbocycles. The second-order valence-corrected chi connectivity index (χ2v) is 7.12. The van der Waals surface area contributed by atoms with Gasteiger partial charge in [-0.05, 0) is 24.5 Å². The van der Waals surface area contributed by atoms with E-state index in [1.807, 2.05) is 6.07 Å². The maximum absolute atomic E-state index is 12.9. The molecule has 1 aromatic heterocycles. The first-order chi connectivity index (χ1) is 15.6. The topological polar surface area (TPSA) is 113 Å². The number of aromatic nitrogens is 2. The highest BCUT2D eigenvalue weighted by atomic mass is 19.4. The highest BCUT2D eigenvalue weighted by Crippen LogP contribution is 2.30. The SMILES string of the molecule is COc1cc(C#Cc2nn([C@H]3CCN(C(=O)O)C3)c(NCC(F)(F)F)c2C#N)cc(OC)c1. The summed E-state index contributed by atoms with van der Waals surface area (Å²) in [6.45, 7) is -1.16. The van der Waals surface area contributed by atoms with Gasteiger partial charge in [-0.15, -0.1) is 0 Å². The number of hydrogen-bond donors (Lipinski definition) is 2. The molecule has 0 saturated carbocycles. The van der Waals surface area contributed by atoms with Gasteiger partial charge < -0.3 is 24.8 Å². The summed E-state index contributed by atoms with van der Waals surface area (Å²) in [5, 5.41) is 25.3. The van der Waals surface area contributed by atoms with Gasteiger partial charge in [0, 0.05) is 24.7 Å². The van der Waals surface area contributed by atoms with Gasteiger partial charge >= 0.3 is 12.3 Å². The quantitative estimate of drug-likeness (QED) is 0.656. The fraction of sp³-hybridized carbons (Fsp3) is 0.381. The molecule has 0 spiro atoms. The molecule has 0 bridgehead atoms. The van der Waals surface area contributed by atoms with Gasteiger partial charge in [0.2, 0.25) is 0 Å². The van der Waals surface area contributed by atoms with E-state index in [4.69, 9.17) is 9.47 Å². The number of likely N-dealkylation sites (tertiary alicyclic amines) is 1. The number of nitriles is 1. The van der Waals surface area contributed by atoms with Crippen molar-refractivity contribution in [3.63, 3.8) is 0 Å². The van der Waals surface area contributed by atoms with Gasteiger partial charge in [0.05, 0.1) is 20.3 Å². The Morgan fingerprint density at radius 3 is 2.45 bits per heavy atom. The summed E-state index contributed by atoms with van der Waals surface area (Å²) < 4.78 is 50.2. The number of amides is 1. The van der Waals surface area contributed by atoms with E-state index in [0.717, 1.165) is 4.90 Å². The van der Waals surface area contributed by atoms with E-state index in [2.05, 4.69) is 22.3 Å². The molecule has 1 fully saturated rings. The lowest BCUT2D eigenvalue weighted by Gasteiger charge is -2.17. The van der Waals surface area contributed by atoms with Crippen LogP contribution in [0.5, 0.6) is 11.5 Å². The van der Waals surface area contributed by atoms with E-state index in [1.54, 1.807) is 18.2 Å². The first-order valence-corrected chi connectivity index (χ1v) is 9.71. The second-order valence-electron chi connectivity index (χ2n) is 7.12. The van der Waals surface area contributed by atoms with E-state index >= 15 is 0 Å². The van der Waals surface area contributed by atoms with Crippen LogP contribution < -0.4 is 14.8 Å². The minimum absolute atomic E-state index is 0.0299. The van der Waals surface area contributed by atoms with Crippen molar-refractivity contribution >= 4 is 11.9 Å². The molecule has 1 saturated heterocycles. The summed E-state index contributed by atoms with van der Waals surface area (Å²) in [4.78, 5) is 12.4. The van der Waals surface area contributed by atoms with Crippen LogP contribution in [0.1, 0.15) is 29.3 Å². The van der Waals surface area contributed by atoms with Gasteiger partial charge in [0.15, 0.2) is 5.69 Å². The highest BCUT2D eigenvalue weighted by Gasteiger charge is 2.33. The van der Waals surface area contributed by atoms with Gasteiger partial charge in [-0.3, -0.25) is 0 Å². The third kappa shape index (κ3) is 5.60. The van der Waals surface area contributed by atoms with Gasteiger partial charge in [-0.1, -0.05) is 5.92 Å². The first-order valence-electron chi connectivity index (χ1n) is 9.71. The average Bonchev–Trinajstić information content (AvgIpc) is 3.40. The van der Waals surface area contributed by atoms with Crippen LogP contribution in [0, 0.1) is 23.2 Å². The van der Waals surface area contributed by atoms with Crippen LogP contribution in [-0.4, -0.2) is 65.9 Å². The number of anilines is 1. The molecule has 1 aliphatic rings. The lowest BCUT2D eigenvalue weighted by atomic mass is 10.2. The Morgan fingerprint density at radius 1 is 1.27 bits per heavy atom. The van der Waals surface area contributed by atoms with Gasteiger partial charge in [0.25, 0.3) is 0 Å². The number of alkyl halides is 3. The van der Waals surface area contributed by atoms with Crippen LogP contribution in [0.2, 0.25) is 0 Å². The number of carbonyl (C=O) groups is 1. The molecule has 2 N–H and O–H groups in total. The van der Waals surface area contributed by atoms with Crippen molar-refractivity contribution in [2.45, 2.75) is 18.6 Å². The summed E-state index contributed by atoms with van der Waals surface area (Å²) >= 11 is 0. The van der Waals surface area contributed by atoms with Crippen molar-refractivity contribution in [2.24, 2.45) is 0 Å². The van der Waals surface area contributed by atoms with Crippen molar-refractivity contribution in [1.82, 2.24) is 14.7 Å². The summed E-state index contributed by atoms with van der Waals surface area (Å²) in [5.74, 6) is 6.37. The Balaban J connectivity index is 2.03. The predicted octanol–water partition coefficient (Wildman–Crippen LogP) is 3.07.